The molecule has 0 saturated heterocycles. The maximum Gasteiger partial charge on any atom is 0.368 e. The zero-order valence-corrected chi connectivity index (χ0v) is 8.91. The number of pyridine rings is 1. The van der Waals surface area contributed by atoms with E-state index >= 15 is 0 Å². The van der Waals surface area contributed by atoms with Crippen LogP contribution in [0.25, 0.3) is 10.8 Å². The van der Waals surface area contributed by atoms with Crippen molar-refractivity contribution in [2.24, 2.45) is 0 Å². The molecular weight excluding hydrogens is 250 g/mol. The first kappa shape index (κ1) is 12.5. The van der Waals surface area contributed by atoms with E-state index < -0.39 is 23.7 Å². The Morgan fingerprint density at radius 3 is 2.61 bits per heavy atom. The minimum atomic E-state index is -4.69. The van der Waals surface area contributed by atoms with Crippen LogP contribution in [0.15, 0.2) is 36.7 Å². The van der Waals surface area contributed by atoms with Gasteiger partial charge in [0.25, 0.3) is 0 Å². The van der Waals surface area contributed by atoms with Crippen molar-refractivity contribution in [2.45, 2.75) is 12.3 Å². The molecule has 0 unspecified atom stereocenters. The van der Waals surface area contributed by atoms with Crippen molar-refractivity contribution in [3.63, 3.8) is 0 Å². The van der Waals surface area contributed by atoms with E-state index in [4.69, 9.17) is 0 Å². The standard InChI is InChI=1S/C12H7F4NO/c13-11(14)12(15,16)10(18)8-3-1-2-7-4-5-17-6-9(7)8/h1-6,11H. The van der Waals surface area contributed by atoms with E-state index in [1.165, 1.54) is 24.5 Å². The molecule has 0 saturated carbocycles. The van der Waals surface area contributed by atoms with Gasteiger partial charge in [-0.1, -0.05) is 18.2 Å². The summed E-state index contributed by atoms with van der Waals surface area (Å²) < 4.78 is 50.4. The summed E-state index contributed by atoms with van der Waals surface area (Å²) in [5, 5.41) is 0.617. The highest BCUT2D eigenvalue weighted by molar-refractivity contribution is 6.11. The van der Waals surface area contributed by atoms with Crippen molar-refractivity contribution < 1.29 is 22.4 Å². The van der Waals surface area contributed by atoms with Gasteiger partial charge in [0, 0.05) is 23.3 Å². The summed E-state index contributed by atoms with van der Waals surface area (Å²) in [7, 11) is 0. The first-order valence-corrected chi connectivity index (χ1v) is 4.98. The molecule has 0 atom stereocenters. The normalized spacial score (nSPS) is 12.1. The van der Waals surface area contributed by atoms with Gasteiger partial charge in [-0.25, -0.2) is 8.78 Å². The molecule has 0 fully saturated rings. The van der Waals surface area contributed by atoms with Crippen LogP contribution in [0.4, 0.5) is 17.6 Å². The van der Waals surface area contributed by atoms with Crippen LogP contribution in [-0.4, -0.2) is 23.1 Å². The highest BCUT2D eigenvalue weighted by atomic mass is 19.3. The molecule has 94 valence electrons. The van der Waals surface area contributed by atoms with E-state index in [0.717, 1.165) is 6.07 Å². The van der Waals surface area contributed by atoms with Crippen molar-refractivity contribution in [1.82, 2.24) is 4.98 Å². The van der Waals surface area contributed by atoms with Crippen molar-refractivity contribution in [3.05, 3.63) is 42.2 Å². The number of alkyl halides is 4. The van der Waals surface area contributed by atoms with Crippen LogP contribution in [0.2, 0.25) is 0 Å². The lowest BCUT2D eigenvalue weighted by Gasteiger charge is -2.14. The fourth-order valence-electron chi connectivity index (χ4n) is 1.59. The maximum absolute atomic E-state index is 13.0. The number of benzene rings is 1. The van der Waals surface area contributed by atoms with Gasteiger partial charge in [-0.3, -0.25) is 9.78 Å². The highest BCUT2D eigenvalue weighted by Crippen LogP contribution is 2.30. The third-order valence-corrected chi connectivity index (χ3v) is 2.51. The third-order valence-electron chi connectivity index (χ3n) is 2.51. The Kier molecular flexibility index (Phi) is 3.02. The Morgan fingerprint density at radius 2 is 1.94 bits per heavy atom. The molecule has 0 N–H and O–H groups in total. The molecule has 1 heterocycles. The molecule has 0 amide bonds. The predicted octanol–water partition coefficient (Wildman–Crippen LogP) is 3.32. The monoisotopic (exact) mass is 257 g/mol. The summed E-state index contributed by atoms with van der Waals surface area (Å²) in [4.78, 5) is 15.2. The van der Waals surface area contributed by atoms with Crippen molar-refractivity contribution in [2.75, 3.05) is 0 Å². The smallest absolute Gasteiger partial charge is 0.287 e. The molecule has 6 heteroatoms. The van der Waals surface area contributed by atoms with Gasteiger partial charge >= 0.3 is 12.3 Å². The minimum absolute atomic E-state index is 0.130. The molecule has 0 aliphatic heterocycles. The fourth-order valence-corrected chi connectivity index (χ4v) is 1.59. The topological polar surface area (TPSA) is 30.0 Å². The van der Waals surface area contributed by atoms with Gasteiger partial charge in [-0.05, 0) is 11.5 Å². The second kappa shape index (κ2) is 4.36. The summed E-state index contributed by atoms with van der Waals surface area (Å²) in [6.45, 7) is 0. The Bertz CT molecular complexity index is 592. The molecule has 2 aromatic rings. The number of rotatable bonds is 3. The lowest BCUT2D eigenvalue weighted by Crippen LogP contribution is -2.36. The lowest BCUT2D eigenvalue weighted by atomic mass is 10.00. The fraction of sp³-hybridized carbons (Fsp3) is 0.167. The Hall–Kier alpha value is -1.98. The first-order chi connectivity index (χ1) is 8.44. The van der Waals surface area contributed by atoms with Crippen LogP contribution in [0.5, 0.6) is 0 Å². The molecule has 2 nitrogen and oxygen atoms in total. The molecule has 0 bridgehead atoms. The van der Waals surface area contributed by atoms with Crippen LogP contribution >= 0.6 is 0 Å². The van der Waals surface area contributed by atoms with Gasteiger partial charge < -0.3 is 0 Å². The number of ketones is 1. The van der Waals surface area contributed by atoms with E-state index in [9.17, 15) is 22.4 Å². The number of carbonyl (C=O) groups is 1. The van der Waals surface area contributed by atoms with E-state index in [-0.39, 0.29) is 5.39 Å². The summed E-state index contributed by atoms with van der Waals surface area (Å²) in [5.41, 5.74) is -0.453. The van der Waals surface area contributed by atoms with Gasteiger partial charge in [-0.2, -0.15) is 8.78 Å². The summed E-state index contributed by atoms with van der Waals surface area (Å²) in [6.07, 6.45) is -1.41. The summed E-state index contributed by atoms with van der Waals surface area (Å²) >= 11 is 0. The van der Waals surface area contributed by atoms with Gasteiger partial charge in [0.2, 0.25) is 5.78 Å². The quantitative estimate of drug-likeness (QED) is 0.623. The van der Waals surface area contributed by atoms with E-state index in [2.05, 4.69) is 4.98 Å². The van der Waals surface area contributed by atoms with Crippen LogP contribution in [0.1, 0.15) is 10.4 Å². The van der Waals surface area contributed by atoms with E-state index in [1.807, 2.05) is 0 Å². The Labute approximate surface area is 99.3 Å². The zero-order valence-electron chi connectivity index (χ0n) is 8.91. The average molecular weight is 257 g/mol. The van der Waals surface area contributed by atoms with Crippen LogP contribution in [0.3, 0.4) is 0 Å². The van der Waals surface area contributed by atoms with Crippen molar-refractivity contribution in [3.8, 4) is 0 Å². The van der Waals surface area contributed by atoms with Crippen LogP contribution in [-0.2, 0) is 0 Å². The highest BCUT2D eigenvalue weighted by Gasteiger charge is 2.49. The summed E-state index contributed by atoms with van der Waals surface area (Å²) in [6, 6.07) is 5.53. The van der Waals surface area contributed by atoms with Crippen molar-refractivity contribution >= 4 is 16.6 Å². The maximum atomic E-state index is 13.0. The molecule has 18 heavy (non-hydrogen) atoms. The molecule has 2 rings (SSSR count). The van der Waals surface area contributed by atoms with E-state index in [1.54, 1.807) is 6.07 Å². The number of hydrogen-bond donors (Lipinski definition) is 0. The lowest BCUT2D eigenvalue weighted by molar-refractivity contribution is -0.0957. The number of halogens is 4. The molecule has 1 aromatic heterocycles. The zero-order chi connectivity index (χ0) is 13.3. The van der Waals surface area contributed by atoms with Crippen LogP contribution in [0, 0.1) is 0 Å². The SMILES string of the molecule is O=C(c1cccc2ccncc12)C(F)(F)C(F)F. The van der Waals surface area contributed by atoms with Gasteiger partial charge in [0.1, 0.15) is 0 Å². The second-order valence-corrected chi connectivity index (χ2v) is 3.66. The number of aromatic nitrogens is 1. The third kappa shape index (κ3) is 1.94. The largest absolute Gasteiger partial charge is 0.368 e. The summed E-state index contributed by atoms with van der Waals surface area (Å²) in [5.74, 6) is -6.58. The Balaban J connectivity index is 2.59. The number of nitrogens with zero attached hydrogens (tertiary/aromatic N) is 1. The van der Waals surface area contributed by atoms with Crippen LogP contribution < -0.4 is 0 Å². The average Bonchev–Trinajstić information content (AvgIpc) is 2.37. The van der Waals surface area contributed by atoms with Gasteiger partial charge in [0.15, 0.2) is 0 Å². The molecule has 0 radical (unpaired) electrons. The molecule has 0 aliphatic rings. The predicted molar refractivity (Wildman–Crippen MR) is 57.0 cm³/mol. The number of hydrogen-bond acceptors (Lipinski definition) is 2. The minimum Gasteiger partial charge on any atom is -0.287 e. The number of Topliss-reactive ketones (excluding diaryl/α,β-unsaturated/α-hetero) is 1. The first-order valence-electron chi connectivity index (χ1n) is 4.98. The molecule has 0 aliphatic carbocycles. The van der Waals surface area contributed by atoms with Crippen molar-refractivity contribution in [1.29, 1.82) is 0 Å². The van der Waals surface area contributed by atoms with Gasteiger partial charge in [-0.15, -0.1) is 0 Å². The second-order valence-electron chi connectivity index (χ2n) is 3.66. The van der Waals surface area contributed by atoms with Gasteiger partial charge in [0.05, 0.1) is 0 Å². The number of carbonyl (C=O) groups excluding carboxylic acids is 1. The molecular formula is C12H7F4NO. The van der Waals surface area contributed by atoms with E-state index in [0.29, 0.717) is 5.39 Å². The molecule has 1 aromatic carbocycles. The molecule has 0 spiro atoms. The Morgan fingerprint density at radius 1 is 1.22 bits per heavy atom. The number of fused-ring (bicyclic) bond motifs is 1.